The number of aryl methyl sites for hydroxylation is 2. The molecule has 0 saturated carbocycles. The molecule has 3 aromatic carbocycles. The molecule has 1 N–H and O–H groups in total. The van der Waals surface area contributed by atoms with Crippen molar-refractivity contribution >= 4 is 23.6 Å². The van der Waals surface area contributed by atoms with Gasteiger partial charge in [-0.15, -0.1) is 0 Å². The number of para-hydroxylation sites is 1. The van der Waals surface area contributed by atoms with Crippen molar-refractivity contribution in [3.63, 3.8) is 0 Å². The van der Waals surface area contributed by atoms with Crippen LogP contribution in [0.3, 0.4) is 0 Å². The molecular formula is C28H28N2O5. The predicted molar refractivity (Wildman–Crippen MR) is 135 cm³/mol. The average Bonchev–Trinajstić information content (AvgIpc) is 3.11. The van der Waals surface area contributed by atoms with E-state index in [-0.39, 0.29) is 5.57 Å². The van der Waals surface area contributed by atoms with Crippen molar-refractivity contribution in [2.24, 2.45) is 0 Å². The molecule has 0 bridgehead atoms. The van der Waals surface area contributed by atoms with E-state index in [2.05, 4.69) is 11.5 Å². The van der Waals surface area contributed by atoms with Crippen molar-refractivity contribution in [2.45, 2.75) is 20.8 Å². The lowest BCUT2D eigenvalue weighted by Gasteiger charge is -2.14. The van der Waals surface area contributed by atoms with E-state index >= 15 is 0 Å². The number of rotatable bonds is 9. The first-order valence-corrected chi connectivity index (χ1v) is 11.5. The van der Waals surface area contributed by atoms with Crippen LogP contribution >= 0.6 is 0 Å². The highest BCUT2D eigenvalue weighted by molar-refractivity contribution is 6.31. The highest BCUT2D eigenvalue weighted by atomic mass is 16.5. The van der Waals surface area contributed by atoms with E-state index in [1.165, 1.54) is 5.01 Å². The molecule has 0 unspecified atom stereocenters. The van der Waals surface area contributed by atoms with Gasteiger partial charge in [0.05, 0.1) is 12.3 Å². The van der Waals surface area contributed by atoms with Crippen molar-refractivity contribution in [2.75, 3.05) is 24.8 Å². The number of hydrogen-bond donors (Lipinski definition) is 1. The topological polar surface area (TPSA) is 77.1 Å². The van der Waals surface area contributed by atoms with Crippen LogP contribution in [0.25, 0.3) is 6.08 Å². The van der Waals surface area contributed by atoms with Crippen LogP contribution in [-0.4, -0.2) is 31.6 Å². The fraction of sp³-hybridized carbons (Fsp3) is 0.214. The summed E-state index contributed by atoms with van der Waals surface area (Å²) in [4.78, 5) is 25.3. The Kier molecular flexibility index (Phi) is 7.35. The first-order chi connectivity index (χ1) is 16.9. The van der Waals surface area contributed by atoms with Gasteiger partial charge >= 0.3 is 0 Å². The highest BCUT2D eigenvalue weighted by Gasteiger charge is 2.34. The molecule has 0 aliphatic carbocycles. The van der Waals surface area contributed by atoms with Gasteiger partial charge in [-0.25, -0.2) is 5.01 Å². The smallest absolute Gasteiger partial charge is 0.282 e. The first kappa shape index (κ1) is 23.9. The Hall–Kier alpha value is -4.26. The summed E-state index contributed by atoms with van der Waals surface area (Å²) in [6.45, 7) is 7.10. The van der Waals surface area contributed by atoms with Crippen molar-refractivity contribution in [1.29, 1.82) is 0 Å². The third kappa shape index (κ3) is 5.81. The summed E-state index contributed by atoms with van der Waals surface area (Å²) in [5, 5.41) is 1.24. The van der Waals surface area contributed by atoms with E-state index in [1.807, 2.05) is 39.0 Å². The summed E-state index contributed by atoms with van der Waals surface area (Å²) in [6, 6.07) is 20.3. The van der Waals surface area contributed by atoms with Crippen molar-refractivity contribution in [3.8, 4) is 17.2 Å². The summed E-state index contributed by atoms with van der Waals surface area (Å²) < 4.78 is 17.4. The molecule has 7 heteroatoms. The Balaban J connectivity index is 1.44. The number of amides is 2. The van der Waals surface area contributed by atoms with E-state index < -0.39 is 11.8 Å². The molecule has 1 saturated heterocycles. The van der Waals surface area contributed by atoms with E-state index in [0.29, 0.717) is 42.6 Å². The molecule has 0 aromatic heterocycles. The lowest BCUT2D eigenvalue weighted by molar-refractivity contribution is -0.117. The molecule has 0 radical (unpaired) electrons. The Morgan fingerprint density at radius 1 is 0.829 bits per heavy atom. The van der Waals surface area contributed by atoms with E-state index in [9.17, 15) is 9.59 Å². The van der Waals surface area contributed by atoms with Gasteiger partial charge in [0.15, 0.2) is 11.5 Å². The molecule has 0 spiro atoms. The summed E-state index contributed by atoms with van der Waals surface area (Å²) >= 11 is 0. The second-order valence-corrected chi connectivity index (χ2v) is 8.13. The maximum atomic E-state index is 12.8. The molecule has 1 aliphatic rings. The minimum absolute atomic E-state index is 0.0480. The summed E-state index contributed by atoms with van der Waals surface area (Å²) in [6.07, 6.45) is 1.55. The third-order valence-electron chi connectivity index (χ3n) is 5.29. The highest BCUT2D eigenvalue weighted by Crippen LogP contribution is 2.30. The predicted octanol–water partition coefficient (Wildman–Crippen LogP) is 4.62. The Morgan fingerprint density at radius 3 is 2.26 bits per heavy atom. The zero-order valence-corrected chi connectivity index (χ0v) is 20.0. The van der Waals surface area contributed by atoms with Crippen LogP contribution in [0.5, 0.6) is 17.2 Å². The van der Waals surface area contributed by atoms with Gasteiger partial charge in [0, 0.05) is 0 Å². The number of hydrogen-bond acceptors (Lipinski definition) is 5. The summed E-state index contributed by atoms with van der Waals surface area (Å²) in [5.74, 6) is 1.02. The number of hydrazine groups is 1. The Morgan fingerprint density at radius 2 is 1.54 bits per heavy atom. The molecule has 1 heterocycles. The van der Waals surface area contributed by atoms with Gasteiger partial charge in [-0.2, -0.15) is 0 Å². The number of carbonyl (C=O) groups excluding carboxylic acids is 2. The molecule has 35 heavy (non-hydrogen) atoms. The number of nitrogens with one attached hydrogen (secondary N) is 1. The van der Waals surface area contributed by atoms with Crippen LogP contribution < -0.4 is 24.6 Å². The van der Waals surface area contributed by atoms with E-state index in [1.54, 1.807) is 48.5 Å². The fourth-order valence-corrected chi connectivity index (χ4v) is 3.81. The number of anilines is 1. The zero-order valence-electron chi connectivity index (χ0n) is 20.0. The van der Waals surface area contributed by atoms with Crippen LogP contribution in [0.2, 0.25) is 0 Å². The molecule has 1 fully saturated rings. The minimum Gasteiger partial charge on any atom is -0.490 e. The number of carbonyl (C=O) groups is 2. The second-order valence-electron chi connectivity index (χ2n) is 8.13. The normalized spacial score (nSPS) is 14.3. The van der Waals surface area contributed by atoms with Gasteiger partial charge in [0.1, 0.15) is 24.5 Å². The number of benzene rings is 3. The standard InChI is InChI=1S/C28H28N2O5/c1-4-33-26-18-21(17-24-27(31)29-30(28(24)32)22-8-6-5-7-9-22)10-11-25(26)35-13-12-34-23-15-19(2)14-20(3)16-23/h5-11,14-18H,4,12-13H2,1-3H3,(H,29,31)/b24-17-. The van der Waals surface area contributed by atoms with Crippen LogP contribution in [0.15, 0.2) is 72.3 Å². The zero-order chi connectivity index (χ0) is 24.8. The quantitative estimate of drug-likeness (QED) is 0.279. The molecule has 0 atom stereocenters. The number of ether oxygens (including phenoxy) is 3. The monoisotopic (exact) mass is 472 g/mol. The van der Waals surface area contributed by atoms with E-state index in [0.717, 1.165) is 16.9 Å². The third-order valence-corrected chi connectivity index (χ3v) is 5.29. The van der Waals surface area contributed by atoms with Gasteiger partial charge in [-0.3, -0.25) is 15.0 Å². The molecular weight excluding hydrogens is 444 g/mol. The minimum atomic E-state index is -0.458. The lowest BCUT2D eigenvalue weighted by Crippen LogP contribution is -2.35. The molecule has 2 amide bonds. The van der Waals surface area contributed by atoms with Crippen molar-refractivity contribution in [3.05, 3.63) is 89.0 Å². The van der Waals surface area contributed by atoms with Crippen LogP contribution in [0, 0.1) is 13.8 Å². The number of nitrogens with zero attached hydrogens (tertiary/aromatic N) is 1. The van der Waals surface area contributed by atoms with Crippen LogP contribution in [0.4, 0.5) is 5.69 Å². The summed E-state index contributed by atoms with van der Waals surface area (Å²) in [7, 11) is 0. The van der Waals surface area contributed by atoms with Gasteiger partial charge < -0.3 is 14.2 Å². The largest absolute Gasteiger partial charge is 0.490 e. The van der Waals surface area contributed by atoms with E-state index in [4.69, 9.17) is 14.2 Å². The first-order valence-electron chi connectivity index (χ1n) is 11.5. The molecule has 1 aliphatic heterocycles. The lowest BCUT2D eigenvalue weighted by atomic mass is 10.1. The maximum Gasteiger partial charge on any atom is 0.282 e. The average molecular weight is 473 g/mol. The summed E-state index contributed by atoms with van der Waals surface area (Å²) in [5.41, 5.74) is 6.19. The molecule has 180 valence electrons. The van der Waals surface area contributed by atoms with Crippen molar-refractivity contribution < 1.29 is 23.8 Å². The molecule has 7 nitrogen and oxygen atoms in total. The van der Waals surface area contributed by atoms with Crippen molar-refractivity contribution in [1.82, 2.24) is 5.43 Å². The van der Waals surface area contributed by atoms with Gasteiger partial charge in [-0.1, -0.05) is 30.3 Å². The fourth-order valence-electron chi connectivity index (χ4n) is 3.81. The van der Waals surface area contributed by atoms with Crippen LogP contribution in [0.1, 0.15) is 23.6 Å². The second kappa shape index (κ2) is 10.8. The Bertz CT molecular complexity index is 1230. The van der Waals surface area contributed by atoms with Gasteiger partial charge in [0.2, 0.25) is 0 Å². The maximum absolute atomic E-state index is 12.8. The molecule has 3 aromatic rings. The Labute approximate surface area is 204 Å². The van der Waals surface area contributed by atoms with Gasteiger partial charge in [-0.05, 0) is 79.9 Å². The van der Waals surface area contributed by atoms with Gasteiger partial charge in [0.25, 0.3) is 11.8 Å². The SMILES string of the molecule is CCOc1cc(/C=C2/C(=O)NN(c3ccccc3)C2=O)ccc1OCCOc1cc(C)cc(C)c1. The molecule has 4 rings (SSSR count). The van der Waals surface area contributed by atoms with Crippen LogP contribution in [-0.2, 0) is 9.59 Å².